The Kier molecular flexibility index (Phi) is 71.4. The monoisotopic (exact) mass is 1250 g/mol. The SMILES string of the molecule is CC/C=C\C/C=C\C/C=C\C/C=C\C/C=C\C/C=C\CCCCCCCCCCC(=O)OC(COC(=O)CCCCCCCCCCCCCCCCCCCCCCCCCCCCCCCCCCCCCCCCCC)COP(=O)(O)OCCN. The molecule has 0 amide bonds. The van der Waals surface area contributed by atoms with Gasteiger partial charge in [0.1, 0.15) is 6.61 Å². The third-order valence-corrected chi connectivity index (χ3v) is 17.8. The number of allylic oxidation sites excluding steroid dienone is 12. The van der Waals surface area contributed by atoms with Crippen LogP contribution in [0.15, 0.2) is 72.9 Å². The Morgan fingerprint density at radius 2 is 0.625 bits per heavy atom. The van der Waals surface area contributed by atoms with Crippen molar-refractivity contribution in [3.63, 3.8) is 0 Å². The molecule has 0 aliphatic heterocycles. The lowest BCUT2D eigenvalue weighted by atomic mass is 10.0. The van der Waals surface area contributed by atoms with E-state index < -0.39 is 26.5 Å². The molecule has 514 valence electrons. The summed E-state index contributed by atoms with van der Waals surface area (Å²) in [6, 6.07) is 0. The fourth-order valence-electron chi connectivity index (χ4n) is 11.3. The van der Waals surface area contributed by atoms with Gasteiger partial charge < -0.3 is 20.1 Å². The molecule has 0 radical (unpaired) electrons. The van der Waals surface area contributed by atoms with Crippen LogP contribution in [0.4, 0.5) is 0 Å². The largest absolute Gasteiger partial charge is 0.472 e. The molecule has 88 heavy (non-hydrogen) atoms. The normalized spacial score (nSPS) is 13.3. The summed E-state index contributed by atoms with van der Waals surface area (Å²) in [5.74, 6) is -0.824. The summed E-state index contributed by atoms with van der Waals surface area (Å²) in [7, 11) is -4.40. The van der Waals surface area contributed by atoms with E-state index >= 15 is 0 Å². The van der Waals surface area contributed by atoms with Crippen molar-refractivity contribution in [1.82, 2.24) is 0 Å². The fraction of sp³-hybridized carbons (Fsp3) is 0.821. The van der Waals surface area contributed by atoms with E-state index in [1.165, 1.54) is 263 Å². The van der Waals surface area contributed by atoms with Gasteiger partial charge in [-0.3, -0.25) is 18.6 Å². The van der Waals surface area contributed by atoms with Gasteiger partial charge in [-0.15, -0.1) is 0 Å². The molecule has 0 fully saturated rings. The highest BCUT2D eigenvalue weighted by Gasteiger charge is 2.26. The number of hydrogen-bond donors (Lipinski definition) is 2. The molecule has 0 saturated carbocycles. The zero-order valence-corrected chi connectivity index (χ0v) is 58.9. The van der Waals surface area contributed by atoms with Gasteiger partial charge in [-0.1, -0.05) is 376 Å². The van der Waals surface area contributed by atoms with Gasteiger partial charge in [-0.25, -0.2) is 4.57 Å². The predicted molar refractivity (Wildman–Crippen MR) is 381 cm³/mol. The van der Waals surface area contributed by atoms with E-state index in [0.29, 0.717) is 6.42 Å². The summed E-state index contributed by atoms with van der Waals surface area (Å²) >= 11 is 0. The number of phosphoric ester groups is 1. The fourth-order valence-corrected chi connectivity index (χ4v) is 12.1. The van der Waals surface area contributed by atoms with Gasteiger partial charge in [0, 0.05) is 19.4 Å². The standard InChI is InChI=1S/C78H144NO8P/c1-3-5-7-9-11-13-15-17-19-21-23-25-27-29-31-32-33-34-35-36-37-38-39-40-41-42-43-45-46-48-50-52-54-56-58-60-62-64-66-68-70-77(80)84-74-76(75-86-88(82,83)85-73-72-79)87-78(81)71-69-67-65-63-61-59-57-55-53-51-49-47-44-30-28-26-24-22-20-18-16-14-12-10-8-6-4-2/h6,8,12,14,18,20,24,26,30,44,49,51,76H,3-5,7,9-11,13,15-17,19,21-23,25,27-29,31-43,45-48,50,52-75,79H2,1-2H3,(H,82,83)/b8-6-,14-12-,20-18-,26-24-,44-30-,51-49-. The number of phosphoric acid groups is 1. The van der Waals surface area contributed by atoms with E-state index in [1.54, 1.807) is 0 Å². The number of ether oxygens (including phenoxy) is 2. The van der Waals surface area contributed by atoms with E-state index in [-0.39, 0.29) is 38.6 Å². The van der Waals surface area contributed by atoms with Gasteiger partial charge in [0.05, 0.1) is 13.2 Å². The first-order valence-corrected chi connectivity index (χ1v) is 39.4. The molecular formula is C78H144NO8P. The molecule has 0 rings (SSSR count). The van der Waals surface area contributed by atoms with Crippen LogP contribution in [0.3, 0.4) is 0 Å². The van der Waals surface area contributed by atoms with Crippen molar-refractivity contribution in [3.05, 3.63) is 72.9 Å². The van der Waals surface area contributed by atoms with Crippen LogP contribution in [0.5, 0.6) is 0 Å². The van der Waals surface area contributed by atoms with Crippen LogP contribution in [-0.2, 0) is 32.7 Å². The van der Waals surface area contributed by atoms with Crippen molar-refractivity contribution in [2.45, 2.75) is 386 Å². The van der Waals surface area contributed by atoms with Gasteiger partial charge in [-0.05, 0) is 64.2 Å². The Balaban J connectivity index is 3.78. The van der Waals surface area contributed by atoms with Crippen molar-refractivity contribution < 1.29 is 37.6 Å². The van der Waals surface area contributed by atoms with Crippen LogP contribution in [-0.4, -0.2) is 49.3 Å². The minimum absolute atomic E-state index is 0.0504. The van der Waals surface area contributed by atoms with E-state index in [4.69, 9.17) is 24.3 Å². The molecule has 3 N–H and O–H groups in total. The van der Waals surface area contributed by atoms with Gasteiger partial charge in [0.2, 0.25) is 0 Å². The topological polar surface area (TPSA) is 134 Å². The first-order chi connectivity index (χ1) is 43.3. The Hall–Kier alpha value is -2.55. The van der Waals surface area contributed by atoms with Crippen molar-refractivity contribution >= 4 is 19.8 Å². The summed E-state index contributed by atoms with van der Waals surface area (Å²) < 4.78 is 33.2. The van der Waals surface area contributed by atoms with Crippen LogP contribution in [0.1, 0.15) is 380 Å². The first-order valence-electron chi connectivity index (χ1n) is 37.9. The Labute approximate surface area is 545 Å². The van der Waals surface area contributed by atoms with Gasteiger partial charge in [0.15, 0.2) is 6.10 Å². The number of rotatable bonds is 72. The second-order valence-corrected chi connectivity index (χ2v) is 27.0. The minimum Gasteiger partial charge on any atom is -0.462 e. The first kappa shape index (κ1) is 85.5. The molecule has 0 spiro atoms. The predicted octanol–water partition coefficient (Wildman–Crippen LogP) is 25.1. The highest BCUT2D eigenvalue weighted by molar-refractivity contribution is 7.47. The lowest BCUT2D eigenvalue weighted by molar-refractivity contribution is -0.161. The van der Waals surface area contributed by atoms with Gasteiger partial charge in [0.25, 0.3) is 0 Å². The average Bonchev–Trinajstić information content (AvgIpc) is 3.62. The third-order valence-electron chi connectivity index (χ3n) is 16.9. The van der Waals surface area contributed by atoms with Crippen molar-refractivity contribution in [2.75, 3.05) is 26.4 Å². The highest BCUT2D eigenvalue weighted by Crippen LogP contribution is 2.43. The Morgan fingerprint density at radius 1 is 0.352 bits per heavy atom. The maximum atomic E-state index is 12.8. The van der Waals surface area contributed by atoms with Crippen molar-refractivity contribution in [3.8, 4) is 0 Å². The molecule has 0 aromatic carbocycles. The van der Waals surface area contributed by atoms with Crippen LogP contribution >= 0.6 is 7.82 Å². The van der Waals surface area contributed by atoms with Gasteiger partial charge in [-0.2, -0.15) is 0 Å². The maximum absolute atomic E-state index is 12.8. The molecule has 0 bridgehead atoms. The number of unbranched alkanes of at least 4 members (excludes halogenated alkanes) is 47. The molecular weight excluding hydrogens is 1110 g/mol. The second kappa shape index (κ2) is 73.5. The molecule has 2 unspecified atom stereocenters. The quantitative estimate of drug-likeness (QED) is 0.0264. The summed E-state index contributed by atoms with van der Waals surface area (Å²) in [5.41, 5.74) is 5.41. The molecule has 10 heteroatoms. The van der Waals surface area contributed by atoms with E-state index in [9.17, 15) is 19.0 Å². The zero-order chi connectivity index (χ0) is 63.7. The molecule has 0 aliphatic carbocycles. The molecule has 0 aromatic rings. The summed E-state index contributed by atoms with van der Waals surface area (Å²) in [4.78, 5) is 35.4. The van der Waals surface area contributed by atoms with E-state index in [0.717, 1.165) is 83.5 Å². The number of carbonyl (C=O) groups is 2. The zero-order valence-electron chi connectivity index (χ0n) is 58.0. The summed E-state index contributed by atoms with van der Waals surface area (Å²) in [6.07, 6.45) is 97.5. The average molecular weight is 1250 g/mol. The lowest BCUT2D eigenvalue weighted by Gasteiger charge is -2.19. The Bertz CT molecular complexity index is 1670. The second-order valence-electron chi connectivity index (χ2n) is 25.5. The van der Waals surface area contributed by atoms with E-state index in [1.807, 2.05) is 0 Å². The molecule has 0 saturated heterocycles. The van der Waals surface area contributed by atoms with Crippen LogP contribution in [0, 0.1) is 0 Å². The van der Waals surface area contributed by atoms with Crippen molar-refractivity contribution in [2.24, 2.45) is 5.73 Å². The number of carbonyl (C=O) groups excluding carboxylic acids is 2. The maximum Gasteiger partial charge on any atom is 0.472 e. The molecule has 0 aromatic heterocycles. The minimum atomic E-state index is -4.40. The summed E-state index contributed by atoms with van der Waals surface area (Å²) in [5, 5.41) is 0. The third kappa shape index (κ3) is 72.5. The molecule has 0 heterocycles. The van der Waals surface area contributed by atoms with Crippen LogP contribution in [0.25, 0.3) is 0 Å². The lowest BCUT2D eigenvalue weighted by Crippen LogP contribution is -2.29. The molecule has 0 aliphatic rings. The van der Waals surface area contributed by atoms with Crippen molar-refractivity contribution in [1.29, 1.82) is 0 Å². The summed E-state index contributed by atoms with van der Waals surface area (Å²) in [6.45, 7) is 3.68. The number of hydrogen-bond acceptors (Lipinski definition) is 8. The number of esters is 2. The van der Waals surface area contributed by atoms with E-state index in [2.05, 4.69) is 86.8 Å². The molecule has 2 atom stereocenters. The highest BCUT2D eigenvalue weighted by atomic mass is 31.2. The Morgan fingerprint density at radius 3 is 0.932 bits per heavy atom. The van der Waals surface area contributed by atoms with Crippen LogP contribution < -0.4 is 5.73 Å². The molecule has 9 nitrogen and oxygen atoms in total. The smallest absolute Gasteiger partial charge is 0.462 e. The van der Waals surface area contributed by atoms with Gasteiger partial charge >= 0.3 is 19.8 Å². The number of nitrogens with two attached hydrogens (primary N) is 1. The van der Waals surface area contributed by atoms with Crippen LogP contribution in [0.2, 0.25) is 0 Å².